The number of rotatable bonds is 5. The molecule has 5 N–H and O–H groups in total. The second-order valence-corrected chi connectivity index (χ2v) is 9.43. The lowest BCUT2D eigenvalue weighted by Gasteiger charge is -2.40. The Bertz CT molecular complexity index is 1140. The van der Waals surface area contributed by atoms with Crippen molar-refractivity contribution in [2.75, 3.05) is 36.8 Å². The molecular weight excluding hydrogens is 459 g/mol. The monoisotopic (exact) mass is 483 g/mol. The Labute approximate surface area is 190 Å². The van der Waals surface area contributed by atoms with Gasteiger partial charge in [-0.25, -0.2) is 13.4 Å². The molecule has 12 heteroatoms. The molecule has 33 heavy (non-hydrogen) atoms. The molecule has 2 atom stereocenters. The molecule has 0 aliphatic carbocycles. The van der Waals surface area contributed by atoms with E-state index in [-0.39, 0.29) is 35.9 Å². The summed E-state index contributed by atoms with van der Waals surface area (Å²) in [5.41, 5.74) is 7.74. The quantitative estimate of drug-likeness (QED) is 0.547. The largest absolute Gasteiger partial charge is 0.422 e. The van der Waals surface area contributed by atoms with E-state index in [9.17, 15) is 26.7 Å². The van der Waals surface area contributed by atoms with Gasteiger partial charge in [0.15, 0.2) is 5.60 Å². The third-order valence-electron chi connectivity index (χ3n) is 5.49. The number of nitrogens with two attached hydrogens (primary N) is 2. The Morgan fingerprint density at radius 3 is 2.36 bits per heavy atom. The maximum atomic E-state index is 13.3. The lowest BCUT2D eigenvalue weighted by atomic mass is 9.93. The molecule has 1 aliphatic rings. The molecule has 0 radical (unpaired) electrons. The predicted octanol–water partition coefficient (Wildman–Crippen LogP) is 1.28. The molecule has 0 amide bonds. The number of nitrogen functional groups attached to an aromatic ring is 1. The number of nitrogens with zero attached hydrogens (tertiary/aromatic N) is 3. The smallest absolute Gasteiger partial charge is 0.384 e. The molecule has 178 valence electrons. The maximum absolute atomic E-state index is 13.3. The van der Waals surface area contributed by atoms with Gasteiger partial charge in [0.2, 0.25) is 10.0 Å². The summed E-state index contributed by atoms with van der Waals surface area (Å²) in [5.74, 6) is 5.93. The van der Waals surface area contributed by atoms with Crippen molar-refractivity contribution in [2.24, 2.45) is 5.73 Å². The standard InChI is InChI=1S/C21H24F3N5O3S/c1-2-3-17-13-28(33(31,32)18-8-9-19(26)27-12-18)10-11-29(17)16-6-4-15(5-7-16)20(30,14-25)21(22,23)24/h4-9,12,17,30H,10-11,13-14,25H2,1H3,(H2,26,27)/t17-,20-/m0/s1. The van der Waals surface area contributed by atoms with Crippen LogP contribution >= 0.6 is 0 Å². The summed E-state index contributed by atoms with van der Waals surface area (Å²) in [6.45, 7) is 1.02. The molecule has 8 nitrogen and oxygen atoms in total. The molecule has 1 aromatic carbocycles. The number of aliphatic hydroxyl groups is 1. The third kappa shape index (κ3) is 4.77. The number of hydrogen-bond donors (Lipinski definition) is 3. The summed E-state index contributed by atoms with van der Waals surface area (Å²) in [4.78, 5) is 5.65. The van der Waals surface area contributed by atoms with Gasteiger partial charge in [-0.05, 0) is 36.8 Å². The van der Waals surface area contributed by atoms with E-state index in [0.717, 1.165) is 12.1 Å². The lowest BCUT2D eigenvalue weighted by molar-refractivity contribution is -0.262. The maximum Gasteiger partial charge on any atom is 0.422 e. The number of hydrogen-bond acceptors (Lipinski definition) is 7. The summed E-state index contributed by atoms with van der Waals surface area (Å²) < 4.78 is 67.2. The number of benzene rings is 1. The highest BCUT2D eigenvalue weighted by molar-refractivity contribution is 7.89. The van der Waals surface area contributed by atoms with Crippen LogP contribution in [0.1, 0.15) is 12.5 Å². The predicted molar refractivity (Wildman–Crippen MR) is 117 cm³/mol. The fourth-order valence-corrected chi connectivity index (χ4v) is 4.98. The van der Waals surface area contributed by atoms with Crippen LogP contribution in [0.4, 0.5) is 24.7 Å². The van der Waals surface area contributed by atoms with Crippen LogP contribution in [0, 0.1) is 11.8 Å². The highest BCUT2D eigenvalue weighted by Gasteiger charge is 2.54. The highest BCUT2D eigenvalue weighted by Crippen LogP contribution is 2.39. The van der Waals surface area contributed by atoms with Gasteiger partial charge in [0.05, 0.1) is 0 Å². The van der Waals surface area contributed by atoms with Gasteiger partial charge in [0, 0.05) is 38.1 Å². The number of alkyl halides is 3. The van der Waals surface area contributed by atoms with Gasteiger partial charge >= 0.3 is 6.18 Å². The summed E-state index contributed by atoms with van der Waals surface area (Å²) in [5, 5.41) is 10.0. The van der Waals surface area contributed by atoms with Crippen LogP contribution in [0.5, 0.6) is 0 Å². The molecule has 2 aromatic rings. The number of aromatic nitrogens is 1. The van der Waals surface area contributed by atoms with Crippen LogP contribution in [0.2, 0.25) is 0 Å². The molecule has 0 spiro atoms. The normalized spacial score (nSPS) is 19.5. The molecule has 0 saturated carbocycles. The molecule has 1 saturated heterocycles. The Morgan fingerprint density at radius 1 is 1.18 bits per heavy atom. The van der Waals surface area contributed by atoms with Crippen molar-refractivity contribution in [3.05, 3.63) is 48.2 Å². The van der Waals surface area contributed by atoms with Crippen LogP contribution < -0.4 is 16.4 Å². The number of halogens is 3. The van der Waals surface area contributed by atoms with Gasteiger partial charge in [-0.3, -0.25) is 0 Å². The second-order valence-electron chi connectivity index (χ2n) is 7.49. The van der Waals surface area contributed by atoms with Crippen LogP contribution in [0.3, 0.4) is 0 Å². The fraction of sp³-hybridized carbons (Fsp3) is 0.381. The van der Waals surface area contributed by atoms with Gasteiger partial charge in [-0.15, -0.1) is 5.92 Å². The minimum Gasteiger partial charge on any atom is -0.384 e. The first kappa shape index (κ1) is 24.8. The van der Waals surface area contributed by atoms with E-state index >= 15 is 0 Å². The summed E-state index contributed by atoms with van der Waals surface area (Å²) in [7, 11) is -3.83. The van der Waals surface area contributed by atoms with Crippen molar-refractivity contribution in [2.45, 2.75) is 29.6 Å². The van der Waals surface area contributed by atoms with Gasteiger partial charge in [0.25, 0.3) is 0 Å². The first-order valence-electron chi connectivity index (χ1n) is 9.94. The zero-order valence-electron chi connectivity index (χ0n) is 17.7. The van der Waals surface area contributed by atoms with Crippen molar-refractivity contribution >= 4 is 21.5 Å². The average molecular weight is 484 g/mol. The first-order chi connectivity index (χ1) is 15.4. The Balaban J connectivity index is 1.86. The summed E-state index contributed by atoms with van der Waals surface area (Å²) in [6, 6.07) is 7.42. The van der Waals surface area contributed by atoms with E-state index in [1.807, 2.05) is 4.90 Å². The Kier molecular flexibility index (Phi) is 6.90. The second kappa shape index (κ2) is 9.18. The van der Waals surface area contributed by atoms with Gasteiger partial charge in [-0.2, -0.15) is 17.5 Å². The van der Waals surface area contributed by atoms with Crippen molar-refractivity contribution in [1.82, 2.24) is 9.29 Å². The van der Waals surface area contributed by atoms with Gasteiger partial charge < -0.3 is 21.5 Å². The zero-order valence-corrected chi connectivity index (χ0v) is 18.6. The minimum atomic E-state index is -4.93. The van der Waals surface area contributed by atoms with Crippen LogP contribution in [-0.4, -0.2) is 61.2 Å². The average Bonchev–Trinajstić information content (AvgIpc) is 2.78. The lowest BCUT2D eigenvalue weighted by Crippen LogP contribution is -2.54. The Hall–Kier alpha value is -2.85. The number of pyridine rings is 1. The third-order valence-corrected chi connectivity index (χ3v) is 7.34. The molecule has 1 aromatic heterocycles. The molecule has 1 aliphatic heterocycles. The van der Waals surface area contributed by atoms with E-state index in [0.29, 0.717) is 5.69 Å². The van der Waals surface area contributed by atoms with Crippen molar-refractivity contribution in [1.29, 1.82) is 0 Å². The van der Waals surface area contributed by atoms with E-state index in [1.165, 1.54) is 34.8 Å². The molecule has 2 heterocycles. The fourth-order valence-electron chi connectivity index (χ4n) is 3.59. The summed E-state index contributed by atoms with van der Waals surface area (Å²) >= 11 is 0. The highest BCUT2D eigenvalue weighted by atomic mass is 32.2. The number of anilines is 2. The molecular formula is C21H24F3N5O3S. The molecule has 0 unspecified atom stereocenters. The minimum absolute atomic E-state index is 0.00549. The van der Waals surface area contributed by atoms with Crippen LogP contribution in [0.25, 0.3) is 0 Å². The SMILES string of the molecule is CC#C[C@H]1CN(S(=O)(=O)c2ccc(N)nc2)CCN1c1ccc([C@@](O)(CN)C(F)(F)F)cc1. The van der Waals surface area contributed by atoms with E-state index < -0.39 is 34.4 Å². The van der Waals surface area contributed by atoms with Gasteiger partial charge in [0.1, 0.15) is 16.8 Å². The summed E-state index contributed by atoms with van der Waals surface area (Å²) in [6.07, 6.45) is -3.74. The van der Waals surface area contributed by atoms with Crippen molar-refractivity contribution in [3.63, 3.8) is 0 Å². The Morgan fingerprint density at radius 2 is 1.85 bits per heavy atom. The molecule has 3 rings (SSSR count). The van der Waals surface area contributed by atoms with Crippen molar-refractivity contribution in [3.8, 4) is 11.8 Å². The zero-order chi connectivity index (χ0) is 24.4. The van der Waals surface area contributed by atoms with Crippen molar-refractivity contribution < 1.29 is 26.7 Å². The topological polar surface area (TPSA) is 126 Å². The van der Waals surface area contributed by atoms with E-state index in [2.05, 4.69) is 16.8 Å². The first-order valence-corrected chi connectivity index (χ1v) is 11.4. The molecule has 1 fully saturated rings. The number of piperazine rings is 1. The number of sulfonamides is 1. The van der Waals surface area contributed by atoms with Gasteiger partial charge in [-0.1, -0.05) is 18.1 Å². The molecule has 0 bridgehead atoms. The van der Waals surface area contributed by atoms with Crippen LogP contribution in [-0.2, 0) is 15.6 Å². The van der Waals surface area contributed by atoms with Crippen LogP contribution in [0.15, 0.2) is 47.5 Å². The van der Waals surface area contributed by atoms with E-state index in [4.69, 9.17) is 11.5 Å². The van der Waals surface area contributed by atoms with E-state index in [1.54, 1.807) is 6.92 Å².